The summed E-state index contributed by atoms with van der Waals surface area (Å²) in [7, 11) is 0. The first-order chi connectivity index (χ1) is 13.2. The maximum Gasteiger partial charge on any atom is 0.191 e. The minimum Gasteiger partial charge on any atom is -0.508 e. The molecule has 2 aromatic carbocycles. The van der Waals surface area contributed by atoms with Gasteiger partial charge in [-0.2, -0.15) is 0 Å². The van der Waals surface area contributed by atoms with Crippen molar-refractivity contribution in [1.29, 1.82) is 0 Å². The smallest absolute Gasteiger partial charge is 0.191 e. The number of phenols is 1. The molecule has 3 rings (SSSR count). The molecule has 1 aliphatic heterocycles. The maximum absolute atomic E-state index is 9.56. The van der Waals surface area contributed by atoms with E-state index >= 15 is 0 Å². The van der Waals surface area contributed by atoms with Crippen LogP contribution >= 0.6 is 24.0 Å². The Bertz CT molecular complexity index is 742. The fraction of sp³-hybridized carbons (Fsp3) is 0.409. The number of hydrogen-bond acceptors (Lipinski definition) is 3. The van der Waals surface area contributed by atoms with Crippen molar-refractivity contribution in [3.05, 3.63) is 65.2 Å². The van der Waals surface area contributed by atoms with E-state index in [1.54, 1.807) is 12.1 Å². The summed E-state index contributed by atoms with van der Waals surface area (Å²) in [5, 5.41) is 16.2. The largest absolute Gasteiger partial charge is 0.508 e. The fourth-order valence-electron chi connectivity index (χ4n) is 3.31. The van der Waals surface area contributed by atoms with Gasteiger partial charge in [-0.3, -0.25) is 4.90 Å². The summed E-state index contributed by atoms with van der Waals surface area (Å²) in [6, 6.07) is 16.1. The Kier molecular flexibility index (Phi) is 9.57. The number of nitrogens with one attached hydrogen (secondary N) is 2. The molecule has 0 saturated carbocycles. The number of halogens is 1. The third kappa shape index (κ3) is 7.31. The number of guanidine groups is 1. The Balaban J connectivity index is 0.00000280. The molecule has 3 N–H and O–H groups in total. The van der Waals surface area contributed by atoms with E-state index in [1.807, 2.05) is 12.1 Å². The monoisotopic (exact) mass is 494 g/mol. The predicted molar refractivity (Wildman–Crippen MR) is 126 cm³/mol. The second kappa shape index (κ2) is 11.9. The van der Waals surface area contributed by atoms with E-state index in [1.165, 1.54) is 37.1 Å². The van der Waals surface area contributed by atoms with Gasteiger partial charge in [0.15, 0.2) is 5.96 Å². The number of aliphatic imine (C=N–C) groups is 1. The van der Waals surface area contributed by atoms with E-state index in [0.717, 1.165) is 31.2 Å². The molecule has 6 heteroatoms. The lowest BCUT2D eigenvalue weighted by molar-refractivity contribution is 0.331. The van der Waals surface area contributed by atoms with Crippen molar-refractivity contribution in [2.75, 3.05) is 19.6 Å². The normalized spacial score (nSPS) is 14.5. The van der Waals surface area contributed by atoms with Gasteiger partial charge in [0.2, 0.25) is 0 Å². The van der Waals surface area contributed by atoms with Gasteiger partial charge in [-0.25, -0.2) is 4.99 Å². The molecule has 0 bridgehead atoms. The Morgan fingerprint density at radius 2 is 1.71 bits per heavy atom. The highest BCUT2D eigenvalue weighted by atomic mass is 127. The SMILES string of the molecule is CCNC(=NCc1cccc(O)c1)NCc1ccc(CN2CCCC2)cc1.I. The Morgan fingerprint density at radius 3 is 2.39 bits per heavy atom. The first-order valence-electron chi connectivity index (χ1n) is 9.83. The summed E-state index contributed by atoms with van der Waals surface area (Å²) >= 11 is 0. The van der Waals surface area contributed by atoms with E-state index in [9.17, 15) is 5.11 Å². The minimum atomic E-state index is 0. The van der Waals surface area contributed by atoms with Crippen LogP contribution in [0.5, 0.6) is 5.75 Å². The summed E-state index contributed by atoms with van der Waals surface area (Å²) in [6.07, 6.45) is 2.66. The molecule has 28 heavy (non-hydrogen) atoms. The van der Waals surface area contributed by atoms with Crippen LogP contribution in [0.1, 0.15) is 36.5 Å². The highest BCUT2D eigenvalue weighted by molar-refractivity contribution is 14.0. The van der Waals surface area contributed by atoms with Crippen molar-refractivity contribution in [3.8, 4) is 5.75 Å². The van der Waals surface area contributed by atoms with Gasteiger partial charge in [0.1, 0.15) is 5.75 Å². The van der Waals surface area contributed by atoms with Crippen LogP contribution in [0, 0.1) is 0 Å². The first kappa shape index (κ1) is 22.5. The van der Waals surface area contributed by atoms with Crippen molar-refractivity contribution in [3.63, 3.8) is 0 Å². The summed E-state index contributed by atoms with van der Waals surface area (Å²) in [4.78, 5) is 7.12. The Labute approximate surface area is 185 Å². The van der Waals surface area contributed by atoms with Gasteiger partial charge in [0, 0.05) is 19.6 Å². The van der Waals surface area contributed by atoms with E-state index in [4.69, 9.17) is 0 Å². The van der Waals surface area contributed by atoms with Crippen LogP contribution in [0.25, 0.3) is 0 Å². The van der Waals surface area contributed by atoms with Crippen molar-refractivity contribution < 1.29 is 5.11 Å². The highest BCUT2D eigenvalue weighted by Gasteiger charge is 2.11. The quantitative estimate of drug-likeness (QED) is 0.311. The topological polar surface area (TPSA) is 59.9 Å². The van der Waals surface area contributed by atoms with E-state index in [2.05, 4.69) is 51.7 Å². The molecule has 1 fully saturated rings. The van der Waals surface area contributed by atoms with Crippen LogP contribution in [0.4, 0.5) is 0 Å². The molecule has 0 radical (unpaired) electrons. The van der Waals surface area contributed by atoms with E-state index in [-0.39, 0.29) is 29.7 Å². The number of likely N-dealkylation sites (tertiary alicyclic amines) is 1. The second-order valence-electron chi connectivity index (χ2n) is 7.02. The number of rotatable bonds is 7. The Morgan fingerprint density at radius 1 is 1.00 bits per heavy atom. The van der Waals surface area contributed by atoms with Crippen LogP contribution in [-0.2, 0) is 19.6 Å². The lowest BCUT2D eigenvalue weighted by Crippen LogP contribution is -2.36. The summed E-state index contributed by atoms with van der Waals surface area (Å²) < 4.78 is 0. The molecule has 0 unspecified atom stereocenters. The number of hydrogen-bond donors (Lipinski definition) is 3. The highest BCUT2D eigenvalue weighted by Crippen LogP contribution is 2.14. The van der Waals surface area contributed by atoms with Crippen molar-refractivity contribution in [2.24, 2.45) is 4.99 Å². The molecule has 2 aromatic rings. The summed E-state index contributed by atoms with van der Waals surface area (Å²) in [6.45, 7) is 7.63. The number of benzene rings is 2. The van der Waals surface area contributed by atoms with Crippen LogP contribution in [0.2, 0.25) is 0 Å². The number of phenolic OH excluding ortho intramolecular Hbond substituents is 1. The standard InChI is InChI=1S/C22H30N4O.HI/c1-2-23-22(25-16-20-6-5-7-21(27)14-20)24-15-18-8-10-19(11-9-18)17-26-12-3-4-13-26;/h5-11,14,27H,2-4,12-13,15-17H2,1H3,(H2,23,24,25);1H. The molecule has 0 amide bonds. The maximum atomic E-state index is 9.56. The van der Waals surface area contributed by atoms with Crippen LogP contribution in [0.3, 0.4) is 0 Å². The van der Waals surface area contributed by atoms with Gasteiger partial charge in [0.05, 0.1) is 6.54 Å². The predicted octanol–water partition coefficient (Wildman–Crippen LogP) is 3.86. The molecule has 1 heterocycles. The van der Waals surface area contributed by atoms with Gasteiger partial charge in [-0.05, 0) is 61.7 Å². The Hall–Kier alpha value is -1.80. The van der Waals surface area contributed by atoms with Crippen molar-refractivity contribution in [2.45, 2.75) is 39.4 Å². The zero-order valence-corrected chi connectivity index (χ0v) is 18.9. The van der Waals surface area contributed by atoms with Crippen LogP contribution in [-0.4, -0.2) is 35.6 Å². The number of nitrogens with zero attached hydrogens (tertiary/aromatic N) is 2. The first-order valence-corrected chi connectivity index (χ1v) is 9.83. The van der Waals surface area contributed by atoms with Crippen LogP contribution < -0.4 is 10.6 Å². The van der Waals surface area contributed by atoms with Crippen molar-refractivity contribution >= 4 is 29.9 Å². The molecule has 152 valence electrons. The number of aromatic hydroxyl groups is 1. The zero-order chi connectivity index (χ0) is 18.9. The molecule has 0 spiro atoms. The van der Waals surface area contributed by atoms with Crippen LogP contribution in [0.15, 0.2) is 53.5 Å². The molecule has 0 atom stereocenters. The van der Waals surface area contributed by atoms with Crippen molar-refractivity contribution in [1.82, 2.24) is 15.5 Å². The minimum absolute atomic E-state index is 0. The third-order valence-corrected chi connectivity index (χ3v) is 4.76. The third-order valence-electron chi connectivity index (χ3n) is 4.76. The molecular formula is C22H31IN4O. The van der Waals surface area contributed by atoms with E-state index in [0.29, 0.717) is 6.54 Å². The second-order valence-corrected chi connectivity index (χ2v) is 7.02. The molecule has 1 saturated heterocycles. The van der Waals surface area contributed by atoms with Gasteiger partial charge >= 0.3 is 0 Å². The van der Waals surface area contributed by atoms with E-state index < -0.39 is 0 Å². The molecular weight excluding hydrogens is 463 g/mol. The van der Waals surface area contributed by atoms with Gasteiger partial charge < -0.3 is 15.7 Å². The van der Waals surface area contributed by atoms with Gasteiger partial charge in [0.25, 0.3) is 0 Å². The lowest BCUT2D eigenvalue weighted by Gasteiger charge is -2.15. The van der Waals surface area contributed by atoms with Gasteiger partial charge in [-0.1, -0.05) is 36.4 Å². The fourth-order valence-corrected chi connectivity index (χ4v) is 3.31. The van der Waals surface area contributed by atoms with Gasteiger partial charge in [-0.15, -0.1) is 24.0 Å². The molecule has 0 aliphatic carbocycles. The zero-order valence-electron chi connectivity index (χ0n) is 16.5. The summed E-state index contributed by atoms with van der Waals surface area (Å²) in [5.41, 5.74) is 3.60. The molecule has 0 aromatic heterocycles. The average Bonchev–Trinajstić information content (AvgIpc) is 3.18. The lowest BCUT2D eigenvalue weighted by atomic mass is 10.1. The molecule has 1 aliphatic rings. The molecule has 5 nitrogen and oxygen atoms in total. The average molecular weight is 494 g/mol. The summed E-state index contributed by atoms with van der Waals surface area (Å²) in [5.74, 6) is 1.05.